The Labute approximate surface area is 120 Å². The van der Waals surface area contributed by atoms with E-state index in [1.54, 1.807) is 6.92 Å². The largest absolute Gasteiger partial charge is 0.480 e. The maximum absolute atomic E-state index is 12.8. The number of nitrogens with one attached hydrogen (secondary N) is 1. The Morgan fingerprint density at radius 3 is 2.57 bits per heavy atom. The van der Waals surface area contributed by atoms with Crippen molar-refractivity contribution in [2.45, 2.75) is 38.6 Å². The van der Waals surface area contributed by atoms with E-state index in [1.165, 1.54) is 19.1 Å². The highest BCUT2D eigenvalue weighted by atomic mass is 19.4. The number of para-hydroxylation sites is 1. The molecule has 1 rings (SSSR count). The van der Waals surface area contributed by atoms with Gasteiger partial charge in [0.15, 0.2) is 6.10 Å². The summed E-state index contributed by atoms with van der Waals surface area (Å²) in [4.78, 5) is 11.8. The van der Waals surface area contributed by atoms with Gasteiger partial charge in [-0.25, -0.2) is 0 Å². The minimum Gasteiger partial charge on any atom is -0.480 e. The highest BCUT2D eigenvalue weighted by Crippen LogP contribution is 2.36. The highest BCUT2D eigenvalue weighted by molar-refractivity contribution is 5.81. The molecule has 0 saturated heterocycles. The van der Waals surface area contributed by atoms with Crippen molar-refractivity contribution in [3.63, 3.8) is 0 Å². The van der Waals surface area contributed by atoms with Gasteiger partial charge in [-0.05, 0) is 26.0 Å². The van der Waals surface area contributed by atoms with Gasteiger partial charge in [-0.15, -0.1) is 0 Å². The van der Waals surface area contributed by atoms with Crippen molar-refractivity contribution in [3.05, 3.63) is 29.8 Å². The molecule has 0 saturated carbocycles. The molecule has 1 amide bonds. The Kier molecular flexibility index (Phi) is 5.59. The van der Waals surface area contributed by atoms with Gasteiger partial charge in [-0.1, -0.05) is 12.1 Å². The molecule has 1 N–H and O–H groups in total. The molecule has 0 radical (unpaired) electrons. The summed E-state index contributed by atoms with van der Waals surface area (Å²) < 4.78 is 43.5. The standard InChI is InChI=1S/C14H15F3N2O2/c1-9(7-8-18)19-13(20)10(2)21-12-6-4-3-5-11(12)14(15,16)17/h3-6,9-10H,7H2,1-2H3,(H,19,20)/t9-,10+/m1/s1. The Morgan fingerprint density at radius 2 is 2.00 bits per heavy atom. The van der Waals surface area contributed by atoms with E-state index >= 15 is 0 Å². The normalized spacial score (nSPS) is 13.9. The number of carbonyl (C=O) groups is 1. The van der Waals surface area contributed by atoms with E-state index in [2.05, 4.69) is 5.32 Å². The van der Waals surface area contributed by atoms with Crippen LogP contribution in [0.15, 0.2) is 24.3 Å². The van der Waals surface area contributed by atoms with Crippen molar-refractivity contribution < 1.29 is 22.7 Å². The first-order chi connectivity index (χ1) is 9.75. The molecule has 2 atom stereocenters. The van der Waals surface area contributed by atoms with Crippen molar-refractivity contribution >= 4 is 5.91 Å². The van der Waals surface area contributed by atoms with Crippen LogP contribution in [-0.2, 0) is 11.0 Å². The number of nitrogens with zero attached hydrogens (tertiary/aromatic N) is 1. The average Bonchev–Trinajstić information content (AvgIpc) is 2.38. The first-order valence-electron chi connectivity index (χ1n) is 6.26. The maximum Gasteiger partial charge on any atom is 0.419 e. The van der Waals surface area contributed by atoms with Gasteiger partial charge in [-0.3, -0.25) is 4.79 Å². The molecule has 0 fully saturated rings. The minimum atomic E-state index is -4.55. The van der Waals surface area contributed by atoms with Gasteiger partial charge < -0.3 is 10.1 Å². The Morgan fingerprint density at radius 1 is 1.38 bits per heavy atom. The molecular weight excluding hydrogens is 285 g/mol. The predicted octanol–water partition coefficient (Wildman–Crippen LogP) is 2.89. The molecule has 1 aromatic rings. The van der Waals surface area contributed by atoms with Crippen LogP contribution in [0, 0.1) is 11.3 Å². The number of hydrogen-bond acceptors (Lipinski definition) is 3. The van der Waals surface area contributed by atoms with Crippen LogP contribution in [0.25, 0.3) is 0 Å². The first-order valence-corrected chi connectivity index (χ1v) is 6.26. The van der Waals surface area contributed by atoms with Crippen LogP contribution in [0.4, 0.5) is 13.2 Å². The molecule has 0 spiro atoms. The number of hydrogen-bond donors (Lipinski definition) is 1. The molecule has 1 aromatic carbocycles. The minimum absolute atomic E-state index is 0.109. The summed E-state index contributed by atoms with van der Waals surface area (Å²) in [6.45, 7) is 2.97. The summed E-state index contributed by atoms with van der Waals surface area (Å²) in [5.41, 5.74) is -0.935. The molecule has 0 aliphatic heterocycles. The summed E-state index contributed by atoms with van der Waals surface area (Å²) in [6, 6.07) is 6.18. The monoisotopic (exact) mass is 300 g/mol. The van der Waals surface area contributed by atoms with E-state index in [-0.39, 0.29) is 6.42 Å². The Bertz CT molecular complexity index is 538. The second kappa shape index (κ2) is 6.97. The van der Waals surface area contributed by atoms with E-state index in [9.17, 15) is 18.0 Å². The fourth-order valence-electron chi connectivity index (χ4n) is 1.60. The number of rotatable bonds is 5. The number of alkyl halides is 3. The summed E-state index contributed by atoms with van der Waals surface area (Å²) in [5.74, 6) is -0.977. The maximum atomic E-state index is 12.8. The van der Waals surface area contributed by atoms with Crippen LogP contribution < -0.4 is 10.1 Å². The Hall–Kier alpha value is -2.23. The van der Waals surface area contributed by atoms with E-state index in [0.29, 0.717) is 0 Å². The average molecular weight is 300 g/mol. The third kappa shape index (κ3) is 4.99. The molecule has 0 aliphatic rings. The van der Waals surface area contributed by atoms with Crippen LogP contribution in [0.1, 0.15) is 25.8 Å². The van der Waals surface area contributed by atoms with E-state index < -0.39 is 35.5 Å². The van der Waals surface area contributed by atoms with E-state index in [4.69, 9.17) is 10.00 Å². The van der Waals surface area contributed by atoms with Crippen LogP contribution in [-0.4, -0.2) is 18.1 Å². The highest BCUT2D eigenvalue weighted by Gasteiger charge is 2.34. The summed E-state index contributed by atoms with van der Waals surface area (Å²) in [5, 5.41) is 11.0. The SMILES string of the molecule is C[C@H](CC#N)NC(=O)[C@H](C)Oc1ccccc1C(F)(F)F. The zero-order valence-electron chi connectivity index (χ0n) is 11.6. The van der Waals surface area contributed by atoms with Gasteiger partial charge in [0.05, 0.1) is 18.1 Å². The van der Waals surface area contributed by atoms with Gasteiger partial charge in [0.1, 0.15) is 5.75 Å². The van der Waals surface area contributed by atoms with Crippen molar-refractivity contribution in [3.8, 4) is 11.8 Å². The van der Waals surface area contributed by atoms with E-state index in [1.807, 2.05) is 6.07 Å². The van der Waals surface area contributed by atoms with Gasteiger partial charge >= 0.3 is 6.18 Å². The summed E-state index contributed by atoms with van der Waals surface area (Å²) in [6.07, 6.45) is -5.55. The van der Waals surface area contributed by atoms with Gasteiger partial charge in [0, 0.05) is 6.04 Å². The molecule has 114 valence electrons. The Balaban J connectivity index is 2.78. The molecule has 21 heavy (non-hydrogen) atoms. The summed E-state index contributed by atoms with van der Waals surface area (Å²) >= 11 is 0. The lowest BCUT2D eigenvalue weighted by molar-refractivity contribution is -0.140. The first kappa shape index (κ1) is 16.8. The van der Waals surface area contributed by atoms with Crippen molar-refractivity contribution in [1.82, 2.24) is 5.32 Å². The van der Waals surface area contributed by atoms with E-state index in [0.717, 1.165) is 12.1 Å². The van der Waals surface area contributed by atoms with Crippen molar-refractivity contribution in [2.24, 2.45) is 0 Å². The lowest BCUT2D eigenvalue weighted by Crippen LogP contribution is -2.41. The molecule has 0 aliphatic carbocycles. The summed E-state index contributed by atoms with van der Waals surface area (Å²) in [7, 11) is 0. The fourth-order valence-corrected chi connectivity index (χ4v) is 1.60. The zero-order valence-corrected chi connectivity index (χ0v) is 11.6. The number of carbonyl (C=O) groups excluding carboxylic acids is 1. The molecule has 0 aromatic heterocycles. The fraction of sp³-hybridized carbons (Fsp3) is 0.429. The third-order valence-electron chi connectivity index (χ3n) is 2.65. The number of halogens is 3. The molecule has 0 unspecified atom stereocenters. The van der Waals surface area contributed by atoms with Gasteiger partial charge in [0.2, 0.25) is 0 Å². The molecular formula is C14H15F3N2O2. The van der Waals surface area contributed by atoms with Gasteiger partial charge in [0.25, 0.3) is 5.91 Å². The van der Waals surface area contributed by atoms with Crippen molar-refractivity contribution in [1.29, 1.82) is 5.26 Å². The second-order valence-corrected chi connectivity index (χ2v) is 4.53. The molecule has 4 nitrogen and oxygen atoms in total. The number of amides is 1. The van der Waals surface area contributed by atoms with Gasteiger partial charge in [-0.2, -0.15) is 18.4 Å². The lowest BCUT2D eigenvalue weighted by atomic mass is 10.2. The quantitative estimate of drug-likeness (QED) is 0.909. The lowest BCUT2D eigenvalue weighted by Gasteiger charge is -2.19. The molecule has 0 bridgehead atoms. The topological polar surface area (TPSA) is 62.1 Å². The second-order valence-electron chi connectivity index (χ2n) is 4.53. The van der Waals surface area contributed by atoms with Crippen LogP contribution in [0.5, 0.6) is 5.75 Å². The van der Waals surface area contributed by atoms with Crippen LogP contribution in [0.2, 0.25) is 0 Å². The molecule has 7 heteroatoms. The smallest absolute Gasteiger partial charge is 0.419 e. The zero-order chi connectivity index (χ0) is 16.0. The van der Waals surface area contributed by atoms with Crippen LogP contribution >= 0.6 is 0 Å². The number of benzene rings is 1. The number of nitriles is 1. The predicted molar refractivity (Wildman–Crippen MR) is 69.4 cm³/mol. The third-order valence-corrected chi connectivity index (χ3v) is 2.65. The molecule has 0 heterocycles. The van der Waals surface area contributed by atoms with Crippen molar-refractivity contribution in [2.75, 3.05) is 0 Å². The number of ether oxygens (including phenoxy) is 1. The van der Waals surface area contributed by atoms with Crippen LogP contribution in [0.3, 0.4) is 0 Å².